The van der Waals surface area contributed by atoms with Gasteiger partial charge >= 0.3 is 0 Å². The smallest absolute Gasteiger partial charge is 0.137 e. The molecule has 21 heavy (non-hydrogen) atoms. The molecule has 0 spiro atoms. The summed E-state index contributed by atoms with van der Waals surface area (Å²) >= 11 is 3.23. The maximum absolute atomic E-state index is 13.5. The van der Waals surface area contributed by atoms with Crippen LogP contribution in [-0.4, -0.2) is 5.11 Å². The van der Waals surface area contributed by atoms with Gasteiger partial charge < -0.3 is 5.11 Å². The van der Waals surface area contributed by atoms with Crippen molar-refractivity contribution in [2.24, 2.45) is 0 Å². The Balaban J connectivity index is 2.17. The maximum atomic E-state index is 13.5. The highest BCUT2D eigenvalue weighted by atomic mass is 79.9. The second-order valence-electron chi connectivity index (χ2n) is 6.30. The van der Waals surface area contributed by atoms with Crippen LogP contribution in [0.4, 0.5) is 4.39 Å². The van der Waals surface area contributed by atoms with Crippen molar-refractivity contribution < 1.29 is 9.50 Å². The fraction of sp³-hybridized carbons (Fsp3) is 0.333. The number of hydrogen-bond acceptors (Lipinski definition) is 1. The van der Waals surface area contributed by atoms with Gasteiger partial charge in [-0.1, -0.05) is 57.2 Å². The second-order valence-corrected chi connectivity index (χ2v) is 7.10. The topological polar surface area (TPSA) is 20.2 Å². The van der Waals surface area contributed by atoms with Gasteiger partial charge in [-0.3, -0.25) is 0 Å². The zero-order valence-electron chi connectivity index (χ0n) is 12.5. The predicted molar refractivity (Wildman–Crippen MR) is 87.9 cm³/mol. The largest absolute Gasteiger partial charge is 0.388 e. The molecule has 0 saturated heterocycles. The molecule has 0 amide bonds. The fourth-order valence-corrected chi connectivity index (χ4v) is 2.66. The lowest BCUT2D eigenvalue weighted by atomic mass is 9.86. The minimum Gasteiger partial charge on any atom is -0.388 e. The van der Waals surface area contributed by atoms with E-state index < -0.39 is 6.10 Å². The van der Waals surface area contributed by atoms with E-state index in [1.54, 1.807) is 6.07 Å². The Morgan fingerprint density at radius 2 is 1.71 bits per heavy atom. The van der Waals surface area contributed by atoms with Gasteiger partial charge in [-0.2, -0.15) is 0 Å². The zero-order valence-corrected chi connectivity index (χ0v) is 14.1. The molecule has 0 aliphatic rings. The van der Waals surface area contributed by atoms with Crippen molar-refractivity contribution >= 4 is 15.9 Å². The Morgan fingerprint density at radius 1 is 1.10 bits per heavy atom. The molecule has 1 nitrogen and oxygen atoms in total. The van der Waals surface area contributed by atoms with Crippen molar-refractivity contribution in [3.8, 4) is 0 Å². The highest BCUT2D eigenvalue weighted by Gasteiger charge is 2.16. The van der Waals surface area contributed by atoms with E-state index in [9.17, 15) is 9.50 Å². The van der Waals surface area contributed by atoms with Crippen LogP contribution < -0.4 is 0 Å². The molecule has 1 N–H and O–H groups in total. The van der Waals surface area contributed by atoms with E-state index in [2.05, 4.69) is 36.7 Å². The molecule has 2 aromatic rings. The van der Waals surface area contributed by atoms with E-state index in [0.717, 1.165) is 11.1 Å². The van der Waals surface area contributed by atoms with Crippen LogP contribution in [0.5, 0.6) is 0 Å². The van der Waals surface area contributed by atoms with Crippen molar-refractivity contribution in [2.75, 3.05) is 0 Å². The van der Waals surface area contributed by atoms with E-state index in [0.29, 0.717) is 10.9 Å². The normalized spacial score (nSPS) is 13.2. The number of rotatable bonds is 3. The molecule has 0 bridgehead atoms. The summed E-state index contributed by atoms with van der Waals surface area (Å²) in [4.78, 5) is 0. The van der Waals surface area contributed by atoms with E-state index in [4.69, 9.17) is 0 Å². The van der Waals surface area contributed by atoms with Gasteiger partial charge in [0, 0.05) is 6.42 Å². The minimum atomic E-state index is -0.642. The van der Waals surface area contributed by atoms with Crippen LogP contribution in [0.1, 0.15) is 43.6 Å². The van der Waals surface area contributed by atoms with Gasteiger partial charge in [0.05, 0.1) is 10.6 Å². The van der Waals surface area contributed by atoms with Gasteiger partial charge in [-0.25, -0.2) is 4.39 Å². The monoisotopic (exact) mass is 350 g/mol. The molecular formula is C18H20BrFO. The summed E-state index contributed by atoms with van der Waals surface area (Å²) in [6.45, 7) is 6.47. The molecule has 0 saturated carbocycles. The van der Waals surface area contributed by atoms with Gasteiger partial charge in [-0.15, -0.1) is 0 Å². The van der Waals surface area contributed by atoms with E-state index in [-0.39, 0.29) is 11.2 Å². The molecule has 2 aromatic carbocycles. The Labute approximate surface area is 134 Å². The molecule has 1 unspecified atom stereocenters. The third kappa shape index (κ3) is 3.92. The first kappa shape index (κ1) is 16.2. The standard InChI is InChI=1S/C18H20BrFO/c1-18(2,3)14-9-7-12(8-10-14)16(21)11-13-5-4-6-15(20)17(13)19/h4-10,16,21H,11H2,1-3H3. The molecule has 1 atom stereocenters. The average Bonchev–Trinajstić information content (AvgIpc) is 2.43. The molecule has 0 aromatic heterocycles. The van der Waals surface area contributed by atoms with Crippen molar-refractivity contribution in [2.45, 2.75) is 38.7 Å². The van der Waals surface area contributed by atoms with Crippen molar-refractivity contribution in [3.05, 3.63) is 69.4 Å². The lowest BCUT2D eigenvalue weighted by molar-refractivity contribution is 0.178. The number of hydrogen-bond donors (Lipinski definition) is 1. The fourth-order valence-electron chi connectivity index (χ4n) is 2.24. The summed E-state index contributed by atoms with van der Waals surface area (Å²) in [5, 5.41) is 10.3. The molecule has 3 heteroatoms. The minimum absolute atomic E-state index is 0.0923. The number of benzene rings is 2. The maximum Gasteiger partial charge on any atom is 0.137 e. The van der Waals surface area contributed by atoms with Gasteiger partial charge in [0.1, 0.15) is 5.82 Å². The molecule has 0 aliphatic carbocycles. The Morgan fingerprint density at radius 3 is 2.29 bits per heavy atom. The zero-order chi connectivity index (χ0) is 15.6. The second kappa shape index (κ2) is 6.29. The summed E-state index contributed by atoms with van der Waals surface area (Å²) in [6, 6.07) is 12.8. The van der Waals surface area contributed by atoms with Crippen LogP contribution in [-0.2, 0) is 11.8 Å². The first-order valence-corrected chi connectivity index (χ1v) is 7.80. The summed E-state index contributed by atoms with van der Waals surface area (Å²) < 4.78 is 13.9. The Bertz CT molecular complexity index is 614. The van der Waals surface area contributed by atoms with Gasteiger partial charge in [0.15, 0.2) is 0 Å². The van der Waals surface area contributed by atoms with Gasteiger partial charge in [0.2, 0.25) is 0 Å². The quantitative estimate of drug-likeness (QED) is 0.810. The number of aliphatic hydroxyl groups is 1. The summed E-state index contributed by atoms with van der Waals surface area (Å²) in [6.07, 6.45) is -0.259. The van der Waals surface area contributed by atoms with Crippen LogP contribution in [0.2, 0.25) is 0 Å². The SMILES string of the molecule is CC(C)(C)c1ccc(C(O)Cc2cccc(F)c2Br)cc1. The summed E-state index contributed by atoms with van der Waals surface area (Å²) in [7, 11) is 0. The van der Waals surface area contributed by atoms with E-state index in [1.165, 1.54) is 11.6 Å². The van der Waals surface area contributed by atoms with Crippen LogP contribution in [0.3, 0.4) is 0 Å². The third-order valence-electron chi connectivity index (χ3n) is 3.61. The van der Waals surface area contributed by atoms with Crippen molar-refractivity contribution in [3.63, 3.8) is 0 Å². The number of halogens is 2. The van der Waals surface area contributed by atoms with Crippen molar-refractivity contribution in [1.29, 1.82) is 0 Å². The molecule has 0 aliphatic heterocycles. The van der Waals surface area contributed by atoms with Crippen LogP contribution in [0.25, 0.3) is 0 Å². The molecular weight excluding hydrogens is 331 g/mol. The molecule has 112 valence electrons. The molecule has 2 rings (SSSR count). The van der Waals surface area contributed by atoms with Crippen LogP contribution >= 0.6 is 15.9 Å². The number of aliphatic hydroxyl groups excluding tert-OH is 1. The first-order chi connectivity index (χ1) is 9.79. The Kier molecular flexibility index (Phi) is 4.84. The predicted octanol–water partition coefficient (Wildman–Crippen LogP) is 5.16. The van der Waals surface area contributed by atoms with Crippen molar-refractivity contribution in [1.82, 2.24) is 0 Å². The van der Waals surface area contributed by atoms with Gasteiger partial charge in [-0.05, 0) is 44.1 Å². The summed E-state index contributed by atoms with van der Waals surface area (Å²) in [5.41, 5.74) is 2.93. The first-order valence-electron chi connectivity index (χ1n) is 7.00. The Hall–Kier alpha value is -1.19. The molecule has 0 fully saturated rings. The molecule has 0 heterocycles. The van der Waals surface area contributed by atoms with Crippen LogP contribution in [0.15, 0.2) is 46.9 Å². The molecule has 0 radical (unpaired) electrons. The average molecular weight is 351 g/mol. The van der Waals surface area contributed by atoms with Gasteiger partial charge in [0.25, 0.3) is 0 Å². The summed E-state index contributed by atoms with van der Waals surface area (Å²) in [5.74, 6) is -0.303. The van der Waals surface area contributed by atoms with E-state index >= 15 is 0 Å². The van der Waals surface area contributed by atoms with Crippen LogP contribution in [0, 0.1) is 5.82 Å². The van der Waals surface area contributed by atoms with E-state index in [1.807, 2.05) is 30.3 Å². The highest BCUT2D eigenvalue weighted by molar-refractivity contribution is 9.10. The highest BCUT2D eigenvalue weighted by Crippen LogP contribution is 2.28. The lowest BCUT2D eigenvalue weighted by Gasteiger charge is -2.20. The lowest BCUT2D eigenvalue weighted by Crippen LogP contribution is -2.11. The third-order valence-corrected chi connectivity index (χ3v) is 4.49.